The molecule has 4 heteroatoms. The number of hydrogen-bond acceptors (Lipinski definition) is 3. The molecule has 0 aliphatic carbocycles. The lowest BCUT2D eigenvalue weighted by Gasteiger charge is -2.15. The van der Waals surface area contributed by atoms with Crippen molar-refractivity contribution in [1.82, 2.24) is 4.98 Å². The van der Waals surface area contributed by atoms with Gasteiger partial charge in [-0.1, -0.05) is 43.4 Å². The number of alkyl halides is 1. The molecule has 0 aliphatic heterocycles. The lowest BCUT2D eigenvalue weighted by Crippen LogP contribution is -2.07. The molecule has 0 saturated carbocycles. The van der Waals surface area contributed by atoms with E-state index in [4.69, 9.17) is 4.42 Å². The van der Waals surface area contributed by atoms with E-state index < -0.39 is 0 Å². The molecule has 17 heavy (non-hydrogen) atoms. The van der Waals surface area contributed by atoms with E-state index in [1.54, 1.807) is 18.0 Å². The second kappa shape index (κ2) is 5.78. The SMILES string of the molecule is CC(C)(C)CS/C=C/c1nc(C(C)(C)I)co1. The number of oxazole rings is 1. The average molecular weight is 365 g/mol. The van der Waals surface area contributed by atoms with Gasteiger partial charge in [-0.25, -0.2) is 4.98 Å². The summed E-state index contributed by atoms with van der Waals surface area (Å²) in [5.74, 6) is 1.78. The minimum Gasteiger partial charge on any atom is -0.445 e. The van der Waals surface area contributed by atoms with Crippen LogP contribution in [0.25, 0.3) is 6.08 Å². The number of thioether (sulfide) groups is 1. The molecule has 0 N–H and O–H groups in total. The molecule has 0 spiro atoms. The van der Waals surface area contributed by atoms with Gasteiger partial charge in [0, 0.05) is 11.8 Å². The van der Waals surface area contributed by atoms with Crippen molar-refractivity contribution < 1.29 is 4.42 Å². The Morgan fingerprint density at radius 1 is 1.35 bits per heavy atom. The molecule has 0 amide bonds. The van der Waals surface area contributed by atoms with Gasteiger partial charge in [-0.15, -0.1) is 11.8 Å². The van der Waals surface area contributed by atoms with Crippen LogP contribution >= 0.6 is 34.4 Å². The molecular formula is C13H20INOS. The summed E-state index contributed by atoms with van der Waals surface area (Å²) in [6.45, 7) is 10.9. The summed E-state index contributed by atoms with van der Waals surface area (Å²) in [7, 11) is 0. The molecule has 0 radical (unpaired) electrons. The summed E-state index contributed by atoms with van der Waals surface area (Å²) >= 11 is 4.15. The predicted octanol–water partition coefficient (Wildman–Crippen LogP) is 5.09. The van der Waals surface area contributed by atoms with Gasteiger partial charge >= 0.3 is 0 Å². The van der Waals surface area contributed by atoms with Crippen LogP contribution in [0.4, 0.5) is 0 Å². The van der Waals surface area contributed by atoms with Gasteiger partial charge in [0.2, 0.25) is 5.89 Å². The van der Waals surface area contributed by atoms with E-state index >= 15 is 0 Å². The van der Waals surface area contributed by atoms with Crippen molar-refractivity contribution in [3.63, 3.8) is 0 Å². The van der Waals surface area contributed by atoms with E-state index in [1.165, 1.54) is 0 Å². The van der Waals surface area contributed by atoms with Crippen molar-refractivity contribution in [1.29, 1.82) is 0 Å². The molecule has 1 aromatic rings. The Kier molecular flexibility index (Phi) is 5.13. The van der Waals surface area contributed by atoms with Crippen LogP contribution in [0, 0.1) is 5.41 Å². The van der Waals surface area contributed by atoms with Crippen molar-refractivity contribution in [2.45, 2.75) is 38.0 Å². The topological polar surface area (TPSA) is 26.0 Å². The first-order chi connectivity index (χ1) is 7.68. The zero-order valence-corrected chi connectivity index (χ0v) is 14.1. The number of rotatable bonds is 4. The molecule has 1 heterocycles. The molecule has 1 aromatic heterocycles. The van der Waals surface area contributed by atoms with Crippen molar-refractivity contribution >= 4 is 40.4 Å². The lowest BCUT2D eigenvalue weighted by atomic mass is 10.0. The number of hydrogen-bond donors (Lipinski definition) is 0. The summed E-state index contributed by atoms with van der Waals surface area (Å²) in [4.78, 5) is 4.44. The molecular weight excluding hydrogens is 345 g/mol. The molecule has 0 aromatic carbocycles. The standard InChI is InChI=1S/C13H20INOS/c1-12(2,3)9-17-7-6-11-15-10(8-16-11)13(4,5)14/h6-8H,9H2,1-5H3/b7-6+. The second-order valence-electron chi connectivity index (χ2n) is 5.72. The van der Waals surface area contributed by atoms with Crippen LogP contribution in [0.2, 0.25) is 0 Å². The van der Waals surface area contributed by atoms with Crippen LogP contribution in [0.3, 0.4) is 0 Å². The Labute approximate surface area is 122 Å². The number of halogens is 1. The zero-order valence-electron chi connectivity index (χ0n) is 11.1. The third-order valence-electron chi connectivity index (χ3n) is 1.95. The number of aromatic nitrogens is 1. The third kappa shape index (κ3) is 5.95. The van der Waals surface area contributed by atoms with Crippen LogP contribution in [-0.2, 0) is 3.42 Å². The highest BCUT2D eigenvalue weighted by Crippen LogP contribution is 2.30. The summed E-state index contributed by atoms with van der Waals surface area (Å²) in [6, 6.07) is 0. The smallest absolute Gasteiger partial charge is 0.219 e. The fourth-order valence-corrected chi connectivity index (χ4v) is 2.10. The number of nitrogens with zero attached hydrogens (tertiary/aromatic N) is 1. The summed E-state index contributed by atoms with van der Waals surface area (Å²) in [5.41, 5.74) is 1.33. The fraction of sp³-hybridized carbons (Fsp3) is 0.615. The first kappa shape index (κ1) is 15.1. The summed E-state index contributed by atoms with van der Waals surface area (Å²) in [6.07, 6.45) is 3.67. The van der Waals surface area contributed by atoms with E-state index in [9.17, 15) is 0 Å². The van der Waals surface area contributed by atoms with Gasteiger partial charge in [0.25, 0.3) is 0 Å². The lowest BCUT2D eigenvalue weighted by molar-refractivity contribution is 0.481. The molecule has 0 atom stereocenters. The molecule has 0 aliphatic rings. The van der Waals surface area contributed by atoms with E-state index in [0.29, 0.717) is 11.3 Å². The van der Waals surface area contributed by atoms with Crippen LogP contribution < -0.4 is 0 Å². The molecule has 0 unspecified atom stereocenters. The summed E-state index contributed by atoms with van der Waals surface area (Å²) in [5, 5.41) is 2.06. The normalized spacial score (nSPS) is 13.5. The Hall–Kier alpha value is 0.0300. The Morgan fingerprint density at radius 3 is 2.47 bits per heavy atom. The van der Waals surface area contributed by atoms with Crippen LogP contribution in [-0.4, -0.2) is 10.7 Å². The quantitative estimate of drug-likeness (QED) is 0.549. The van der Waals surface area contributed by atoms with Gasteiger partial charge in [-0.3, -0.25) is 0 Å². The second-order valence-corrected chi connectivity index (χ2v) is 9.31. The zero-order chi connectivity index (χ0) is 13.1. The molecule has 0 fully saturated rings. The maximum atomic E-state index is 5.41. The van der Waals surface area contributed by atoms with Gasteiger partial charge in [0.1, 0.15) is 6.26 Å². The molecule has 96 valence electrons. The minimum absolute atomic E-state index is 0.0197. The molecule has 0 bridgehead atoms. The van der Waals surface area contributed by atoms with Crippen LogP contribution in [0.5, 0.6) is 0 Å². The van der Waals surface area contributed by atoms with Crippen molar-refractivity contribution in [2.75, 3.05) is 5.75 Å². The maximum Gasteiger partial charge on any atom is 0.219 e. The molecule has 1 rings (SSSR count). The van der Waals surface area contributed by atoms with E-state index in [0.717, 1.165) is 11.4 Å². The Morgan fingerprint density at radius 2 is 2.00 bits per heavy atom. The van der Waals surface area contributed by atoms with E-state index in [-0.39, 0.29) is 3.42 Å². The van der Waals surface area contributed by atoms with E-state index in [1.807, 2.05) is 6.08 Å². The van der Waals surface area contributed by atoms with Crippen molar-refractivity contribution in [2.24, 2.45) is 5.41 Å². The highest BCUT2D eigenvalue weighted by Gasteiger charge is 2.19. The highest BCUT2D eigenvalue weighted by atomic mass is 127. The largest absolute Gasteiger partial charge is 0.445 e. The average Bonchev–Trinajstić information content (AvgIpc) is 2.58. The van der Waals surface area contributed by atoms with Gasteiger partial charge in [-0.2, -0.15) is 0 Å². The minimum atomic E-state index is 0.0197. The van der Waals surface area contributed by atoms with Crippen molar-refractivity contribution in [3.8, 4) is 0 Å². The van der Waals surface area contributed by atoms with Crippen LogP contribution in [0.15, 0.2) is 16.1 Å². The van der Waals surface area contributed by atoms with Gasteiger partial charge in [0.15, 0.2) is 0 Å². The van der Waals surface area contributed by atoms with Gasteiger partial charge in [-0.05, 0) is 24.7 Å². The monoisotopic (exact) mass is 365 g/mol. The van der Waals surface area contributed by atoms with Gasteiger partial charge in [0.05, 0.1) is 9.12 Å². The Balaban J connectivity index is 2.53. The predicted molar refractivity (Wildman–Crippen MR) is 84.5 cm³/mol. The first-order valence-electron chi connectivity index (χ1n) is 5.61. The fourth-order valence-electron chi connectivity index (χ4n) is 1.04. The molecule has 0 saturated heterocycles. The molecule has 2 nitrogen and oxygen atoms in total. The van der Waals surface area contributed by atoms with Crippen molar-refractivity contribution in [3.05, 3.63) is 23.3 Å². The van der Waals surface area contributed by atoms with E-state index in [2.05, 4.69) is 67.6 Å². The maximum absolute atomic E-state index is 5.41. The summed E-state index contributed by atoms with van der Waals surface area (Å²) < 4.78 is 5.43. The van der Waals surface area contributed by atoms with Crippen LogP contribution in [0.1, 0.15) is 46.2 Å². The third-order valence-corrected chi connectivity index (χ3v) is 3.87. The highest BCUT2D eigenvalue weighted by molar-refractivity contribution is 14.1. The Bertz CT molecular complexity index is 385. The van der Waals surface area contributed by atoms with Gasteiger partial charge < -0.3 is 4.42 Å². The first-order valence-corrected chi connectivity index (χ1v) is 7.74.